The Kier molecular flexibility index (Phi) is 6.45. The van der Waals surface area contributed by atoms with Gasteiger partial charge in [-0.05, 0) is 47.5 Å². The second kappa shape index (κ2) is 8.86. The molecule has 3 N–H and O–H groups in total. The monoisotopic (exact) mass is 418 g/mol. The van der Waals surface area contributed by atoms with E-state index in [-0.39, 0.29) is 6.04 Å². The molecule has 1 aliphatic rings. The van der Waals surface area contributed by atoms with Gasteiger partial charge >= 0.3 is 6.09 Å². The highest BCUT2D eigenvalue weighted by Crippen LogP contribution is 2.30. The molecule has 0 saturated carbocycles. The average Bonchev–Trinajstić information content (AvgIpc) is 3.08. The average molecular weight is 418 g/mol. The fourth-order valence-corrected chi connectivity index (χ4v) is 3.38. The summed E-state index contributed by atoms with van der Waals surface area (Å²) in [6.07, 6.45) is 2.65. The molecule has 2 aromatic heterocycles. The molecule has 1 fully saturated rings. The van der Waals surface area contributed by atoms with Gasteiger partial charge in [0.2, 0.25) is 0 Å². The summed E-state index contributed by atoms with van der Waals surface area (Å²) in [5, 5.41) is 8.65. The topological polar surface area (TPSA) is 119 Å². The van der Waals surface area contributed by atoms with E-state index in [0.29, 0.717) is 42.4 Å². The molecule has 0 spiro atoms. The largest absolute Gasteiger partial charge is 0.443 e. The number of carbonyl (C=O) groups is 2. The normalized spacial score (nSPS) is 15.1. The molecule has 0 aliphatic carbocycles. The Hall–Kier alpha value is -2.88. The lowest BCUT2D eigenvalue weighted by Crippen LogP contribution is -2.44. The zero-order valence-electron chi connectivity index (χ0n) is 18.2. The summed E-state index contributed by atoms with van der Waals surface area (Å²) in [5.41, 5.74) is 6.33. The van der Waals surface area contributed by atoms with Crippen LogP contribution in [0.3, 0.4) is 0 Å². The minimum absolute atomic E-state index is 0.166. The number of aromatic nitrogens is 3. The molecular weight excluding hydrogens is 388 g/mol. The molecule has 2 aromatic rings. The number of nitrogens with one attached hydrogen (secondary N) is 3. The van der Waals surface area contributed by atoms with E-state index in [0.717, 1.165) is 18.2 Å². The number of nitrogens with zero attached hydrogens (tertiary/aromatic N) is 3. The Morgan fingerprint density at radius 2 is 1.97 bits per heavy atom. The van der Waals surface area contributed by atoms with Gasteiger partial charge in [-0.2, -0.15) is 5.10 Å². The van der Waals surface area contributed by atoms with E-state index in [4.69, 9.17) is 9.47 Å². The number of aryl methyl sites for hydroxylation is 2. The fourth-order valence-electron chi connectivity index (χ4n) is 3.38. The van der Waals surface area contributed by atoms with E-state index < -0.39 is 17.6 Å². The van der Waals surface area contributed by atoms with Gasteiger partial charge in [0, 0.05) is 25.8 Å². The number of rotatable bonds is 4. The number of amides is 2. The number of fused-ring (bicyclic) bond motifs is 1. The van der Waals surface area contributed by atoms with Crippen LogP contribution in [-0.2, 0) is 16.0 Å². The van der Waals surface area contributed by atoms with E-state index in [2.05, 4.69) is 26.3 Å². The molecule has 1 aliphatic heterocycles. The van der Waals surface area contributed by atoms with Crippen molar-refractivity contribution in [3.8, 4) is 0 Å². The lowest BCUT2D eigenvalue weighted by atomic mass is 10.0. The molecule has 0 aromatic carbocycles. The van der Waals surface area contributed by atoms with E-state index >= 15 is 0 Å². The maximum Gasteiger partial charge on any atom is 0.426 e. The van der Waals surface area contributed by atoms with Crippen molar-refractivity contribution in [3.63, 3.8) is 0 Å². The lowest BCUT2D eigenvalue weighted by Gasteiger charge is -2.26. The first-order valence-corrected chi connectivity index (χ1v) is 10.2. The Labute approximate surface area is 175 Å². The second-order valence-corrected chi connectivity index (χ2v) is 8.26. The van der Waals surface area contributed by atoms with Crippen LogP contribution in [-0.4, -0.2) is 51.6 Å². The maximum absolute atomic E-state index is 13.0. The van der Waals surface area contributed by atoms with Crippen LogP contribution in [0.1, 0.15) is 56.6 Å². The first-order valence-electron chi connectivity index (χ1n) is 10.2. The quantitative estimate of drug-likeness (QED) is 0.653. The summed E-state index contributed by atoms with van der Waals surface area (Å²) >= 11 is 0. The van der Waals surface area contributed by atoms with Crippen LogP contribution in [0.15, 0.2) is 6.20 Å². The van der Waals surface area contributed by atoms with Crippen LogP contribution < -0.4 is 16.2 Å². The smallest absolute Gasteiger partial charge is 0.426 e. The summed E-state index contributed by atoms with van der Waals surface area (Å²) in [6, 6.07) is 0.166. The highest BCUT2D eigenvalue weighted by atomic mass is 16.6. The summed E-state index contributed by atoms with van der Waals surface area (Å²) in [6.45, 7) is 11.0. The summed E-state index contributed by atoms with van der Waals surface area (Å²) < 4.78 is 12.4. The number of hydrogen-bond acceptors (Lipinski definition) is 7. The van der Waals surface area contributed by atoms with Crippen LogP contribution in [0.5, 0.6) is 0 Å². The first kappa shape index (κ1) is 21.8. The minimum Gasteiger partial charge on any atom is -0.443 e. The highest BCUT2D eigenvalue weighted by Gasteiger charge is 2.25. The number of carbonyl (C=O) groups excluding carboxylic acids is 2. The third kappa shape index (κ3) is 4.99. The van der Waals surface area contributed by atoms with Crippen LogP contribution in [0.4, 0.5) is 10.5 Å². The van der Waals surface area contributed by atoms with Crippen molar-refractivity contribution < 1.29 is 19.1 Å². The van der Waals surface area contributed by atoms with E-state index in [1.54, 1.807) is 38.6 Å². The molecule has 0 unspecified atom stereocenters. The van der Waals surface area contributed by atoms with Gasteiger partial charge in [-0.15, -0.1) is 0 Å². The summed E-state index contributed by atoms with van der Waals surface area (Å²) in [5.74, 6) is -0.480. The van der Waals surface area contributed by atoms with Gasteiger partial charge in [-0.1, -0.05) is 0 Å². The molecule has 3 rings (SSSR count). The summed E-state index contributed by atoms with van der Waals surface area (Å²) in [4.78, 5) is 29.5. The Morgan fingerprint density at radius 1 is 1.27 bits per heavy atom. The van der Waals surface area contributed by atoms with Gasteiger partial charge in [0.05, 0.1) is 28.5 Å². The molecule has 1 saturated heterocycles. The van der Waals surface area contributed by atoms with E-state index in [1.165, 1.54) is 0 Å². The van der Waals surface area contributed by atoms with Gasteiger partial charge < -0.3 is 14.8 Å². The molecule has 10 nitrogen and oxygen atoms in total. The van der Waals surface area contributed by atoms with Crippen molar-refractivity contribution in [1.29, 1.82) is 0 Å². The van der Waals surface area contributed by atoms with Crippen molar-refractivity contribution in [2.45, 2.75) is 65.6 Å². The van der Waals surface area contributed by atoms with Crippen LogP contribution in [0.25, 0.3) is 11.0 Å². The Bertz CT molecular complexity index is 928. The molecular formula is C20H30N6O4. The molecule has 3 heterocycles. The van der Waals surface area contributed by atoms with Gasteiger partial charge in [0.15, 0.2) is 5.65 Å². The number of hydrogen-bond donors (Lipinski definition) is 3. The predicted octanol–water partition coefficient (Wildman–Crippen LogP) is 2.52. The zero-order chi connectivity index (χ0) is 21.9. The third-order valence-electron chi connectivity index (χ3n) is 4.74. The molecule has 10 heteroatoms. The molecule has 0 bridgehead atoms. The lowest BCUT2D eigenvalue weighted by molar-refractivity contribution is 0.0483. The molecule has 0 atom stereocenters. The number of hydrazine groups is 1. The van der Waals surface area contributed by atoms with Crippen molar-refractivity contribution >= 4 is 28.7 Å². The standard InChI is InChI=1S/C20H30N6O4/c1-6-26-17-14(11-21-26)16(23-13-7-9-29-10-8-13)15(12(2)22-17)18(27)24-25-19(28)30-20(3,4)5/h11,13H,6-10H2,1-5H3,(H,22,23)(H,24,27)(H,25,28). The van der Waals surface area contributed by atoms with Gasteiger partial charge in [-0.25, -0.2) is 19.9 Å². The van der Waals surface area contributed by atoms with Gasteiger partial charge in [0.1, 0.15) is 5.60 Å². The molecule has 0 radical (unpaired) electrons. The van der Waals surface area contributed by atoms with Crippen LogP contribution in [0.2, 0.25) is 0 Å². The second-order valence-electron chi connectivity index (χ2n) is 8.26. The van der Waals surface area contributed by atoms with E-state index in [9.17, 15) is 9.59 Å². The van der Waals surface area contributed by atoms with E-state index in [1.807, 2.05) is 6.92 Å². The third-order valence-corrected chi connectivity index (χ3v) is 4.74. The predicted molar refractivity (Wildman–Crippen MR) is 112 cm³/mol. The zero-order valence-corrected chi connectivity index (χ0v) is 18.2. The van der Waals surface area contributed by atoms with Crippen molar-refractivity contribution in [2.24, 2.45) is 0 Å². The maximum atomic E-state index is 13.0. The highest BCUT2D eigenvalue weighted by molar-refractivity contribution is 6.07. The summed E-state index contributed by atoms with van der Waals surface area (Å²) in [7, 11) is 0. The van der Waals surface area contributed by atoms with Crippen molar-refractivity contribution in [1.82, 2.24) is 25.6 Å². The number of ether oxygens (including phenoxy) is 2. The SMILES string of the molecule is CCn1ncc2c(NC3CCOCC3)c(C(=O)NNC(=O)OC(C)(C)C)c(C)nc21. The Morgan fingerprint density at radius 3 is 2.60 bits per heavy atom. The van der Waals surface area contributed by atoms with Crippen molar-refractivity contribution in [3.05, 3.63) is 17.5 Å². The van der Waals surface area contributed by atoms with Gasteiger partial charge in [0.25, 0.3) is 5.91 Å². The minimum atomic E-state index is -0.736. The fraction of sp³-hybridized carbons (Fsp3) is 0.600. The number of pyridine rings is 1. The first-order chi connectivity index (χ1) is 14.2. The van der Waals surface area contributed by atoms with Gasteiger partial charge in [-0.3, -0.25) is 10.2 Å². The van der Waals surface area contributed by atoms with Crippen LogP contribution >= 0.6 is 0 Å². The molecule has 164 valence electrons. The molecule has 2 amide bonds. The number of anilines is 1. The molecule has 30 heavy (non-hydrogen) atoms. The van der Waals surface area contributed by atoms with Crippen LogP contribution in [0, 0.1) is 6.92 Å². The van der Waals surface area contributed by atoms with Crippen molar-refractivity contribution in [2.75, 3.05) is 18.5 Å². The Balaban J connectivity index is 1.91.